The van der Waals surface area contributed by atoms with Crippen LogP contribution in [0.1, 0.15) is 0 Å². The summed E-state index contributed by atoms with van der Waals surface area (Å²) >= 11 is 11.4. The van der Waals surface area contributed by atoms with Crippen LogP contribution in [0.25, 0.3) is 0 Å². The molecule has 0 unspecified atom stereocenters. The zero-order valence-corrected chi connectivity index (χ0v) is 8.82. The Kier molecular flexibility index (Phi) is 4.19. The first-order valence-corrected chi connectivity index (χ1v) is 4.82. The van der Waals surface area contributed by atoms with E-state index >= 15 is 0 Å². The lowest BCUT2D eigenvalue weighted by Crippen LogP contribution is -2.03. The first-order valence-electron chi connectivity index (χ1n) is 3.91. The van der Waals surface area contributed by atoms with E-state index in [1.54, 1.807) is 13.2 Å². The van der Waals surface area contributed by atoms with Crippen LogP contribution in [-0.4, -0.2) is 19.5 Å². The van der Waals surface area contributed by atoms with Crippen molar-refractivity contribution in [2.75, 3.05) is 24.9 Å². The summed E-state index contributed by atoms with van der Waals surface area (Å²) in [5, 5.41) is 3.79. The van der Waals surface area contributed by atoms with Crippen LogP contribution in [0.3, 0.4) is 0 Å². The molecule has 4 heteroatoms. The molecule has 72 valence electrons. The summed E-state index contributed by atoms with van der Waals surface area (Å²) in [6.07, 6.45) is 0. The summed E-state index contributed by atoms with van der Waals surface area (Å²) in [4.78, 5) is 0. The van der Waals surface area contributed by atoms with E-state index < -0.39 is 0 Å². The lowest BCUT2D eigenvalue weighted by Gasteiger charge is -2.09. The quantitative estimate of drug-likeness (QED) is 0.787. The second-order valence-electron chi connectivity index (χ2n) is 2.46. The molecule has 1 N–H and O–H groups in total. The van der Waals surface area contributed by atoms with Crippen LogP contribution < -0.4 is 10.1 Å². The van der Waals surface area contributed by atoms with Crippen molar-refractivity contribution in [2.24, 2.45) is 0 Å². The van der Waals surface area contributed by atoms with E-state index in [-0.39, 0.29) is 0 Å². The van der Waals surface area contributed by atoms with Crippen LogP contribution in [0.2, 0.25) is 5.02 Å². The lowest BCUT2D eigenvalue weighted by atomic mass is 10.3. The van der Waals surface area contributed by atoms with Crippen LogP contribution in [0.5, 0.6) is 5.75 Å². The second-order valence-corrected chi connectivity index (χ2v) is 3.27. The third kappa shape index (κ3) is 2.98. The predicted octanol–water partition coefficient (Wildman–Crippen LogP) is 3.00. The first kappa shape index (κ1) is 10.5. The fraction of sp³-hybridized carbons (Fsp3) is 0.333. The monoisotopic (exact) mass is 219 g/mol. The Balaban J connectivity index is 2.81. The molecule has 1 rings (SSSR count). The van der Waals surface area contributed by atoms with Gasteiger partial charge in [0.2, 0.25) is 0 Å². The summed E-state index contributed by atoms with van der Waals surface area (Å²) in [6, 6.07) is 5.41. The topological polar surface area (TPSA) is 21.3 Å². The number of methoxy groups -OCH3 is 1. The van der Waals surface area contributed by atoms with Crippen molar-refractivity contribution < 1.29 is 4.74 Å². The van der Waals surface area contributed by atoms with Gasteiger partial charge >= 0.3 is 0 Å². The molecule has 0 amide bonds. The maximum absolute atomic E-state index is 5.82. The highest BCUT2D eigenvalue weighted by molar-refractivity contribution is 6.30. The van der Waals surface area contributed by atoms with Crippen molar-refractivity contribution in [3.63, 3.8) is 0 Å². The van der Waals surface area contributed by atoms with Crippen molar-refractivity contribution in [3.05, 3.63) is 23.2 Å². The van der Waals surface area contributed by atoms with Crippen LogP contribution in [0, 0.1) is 0 Å². The highest BCUT2D eigenvalue weighted by atomic mass is 35.5. The van der Waals surface area contributed by atoms with Gasteiger partial charge in [0, 0.05) is 17.4 Å². The molecule has 0 aliphatic rings. The Morgan fingerprint density at radius 2 is 2.23 bits per heavy atom. The molecule has 1 aromatic carbocycles. The van der Waals surface area contributed by atoms with Gasteiger partial charge in [0.05, 0.1) is 12.8 Å². The van der Waals surface area contributed by atoms with Gasteiger partial charge in [-0.1, -0.05) is 11.6 Å². The number of alkyl halides is 1. The number of nitrogens with one attached hydrogen (secondary N) is 1. The van der Waals surface area contributed by atoms with Crippen molar-refractivity contribution in [1.29, 1.82) is 0 Å². The lowest BCUT2D eigenvalue weighted by molar-refractivity contribution is 0.416. The fourth-order valence-electron chi connectivity index (χ4n) is 1.00. The zero-order valence-electron chi connectivity index (χ0n) is 7.31. The van der Waals surface area contributed by atoms with Crippen LogP contribution in [0.15, 0.2) is 18.2 Å². The molecule has 0 heterocycles. The van der Waals surface area contributed by atoms with Gasteiger partial charge in [0.15, 0.2) is 0 Å². The average molecular weight is 220 g/mol. The van der Waals surface area contributed by atoms with Gasteiger partial charge in [-0.15, -0.1) is 11.6 Å². The predicted molar refractivity (Wildman–Crippen MR) is 57.2 cm³/mol. The highest BCUT2D eigenvalue weighted by Crippen LogP contribution is 2.27. The Morgan fingerprint density at radius 1 is 1.46 bits per heavy atom. The number of halogens is 2. The zero-order chi connectivity index (χ0) is 9.68. The SMILES string of the molecule is COc1ccc(Cl)cc1NCCCl. The van der Waals surface area contributed by atoms with Crippen LogP contribution in [0.4, 0.5) is 5.69 Å². The van der Waals surface area contributed by atoms with E-state index in [1.165, 1.54) is 0 Å². The number of hydrogen-bond donors (Lipinski definition) is 1. The molecule has 1 aromatic rings. The number of hydrogen-bond acceptors (Lipinski definition) is 2. The van der Waals surface area contributed by atoms with E-state index in [0.29, 0.717) is 17.4 Å². The third-order valence-electron chi connectivity index (χ3n) is 1.57. The van der Waals surface area contributed by atoms with Gasteiger partial charge in [0.25, 0.3) is 0 Å². The molecule has 0 saturated carbocycles. The molecule has 0 aliphatic heterocycles. The van der Waals surface area contributed by atoms with Gasteiger partial charge in [-0.05, 0) is 18.2 Å². The molecule has 0 saturated heterocycles. The van der Waals surface area contributed by atoms with E-state index in [2.05, 4.69) is 5.32 Å². The Labute approximate surface area is 87.8 Å². The van der Waals surface area contributed by atoms with Crippen LogP contribution >= 0.6 is 23.2 Å². The smallest absolute Gasteiger partial charge is 0.142 e. The van der Waals surface area contributed by atoms with Crippen molar-refractivity contribution in [3.8, 4) is 5.75 Å². The van der Waals surface area contributed by atoms with E-state index in [0.717, 1.165) is 11.4 Å². The summed E-state index contributed by atoms with van der Waals surface area (Å²) < 4.78 is 5.13. The Morgan fingerprint density at radius 3 is 2.85 bits per heavy atom. The third-order valence-corrected chi connectivity index (χ3v) is 2.00. The van der Waals surface area contributed by atoms with Gasteiger partial charge in [-0.25, -0.2) is 0 Å². The van der Waals surface area contributed by atoms with E-state index in [1.807, 2.05) is 12.1 Å². The maximum Gasteiger partial charge on any atom is 0.142 e. The van der Waals surface area contributed by atoms with Crippen LogP contribution in [-0.2, 0) is 0 Å². The number of benzene rings is 1. The van der Waals surface area contributed by atoms with Gasteiger partial charge in [-0.3, -0.25) is 0 Å². The van der Waals surface area contributed by atoms with Gasteiger partial charge < -0.3 is 10.1 Å². The molecule has 0 atom stereocenters. The fourth-order valence-corrected chi connectivity index (χ4v) is 1.27. The van der Waals surface area contributed by atoms with E-state index in [9.17, 15) is 0 Å². The summed E-state index contributed by atoms with van der Waals surface area (Å²) in [5.74, 6) is 1.32. The molecule has 0 spiro atoms. The molecule has 0 aromatic heterocycles. The molecule has 2 nitrogen and oxygen atoms in total. The largest absolute Gasteiger partial charge is 0.495 e. The summed E-state index contributed by atoms with van der Waals surface area (Å²) in [7, 11) is 1.62. The van der Waals surface area contributed by atoms with Gasteiger partial charge in [0.1, 0.15) is 5.75 Å². The maximum atomic E-state index is 5.82. The molecular weight excluding hydrogens is 209 g/mol. The van der Waals surface area contributed by atoms with Crippen molar-refractivity contribution in [1.82, 2.24) is 0 Å². The molecule has 13 heavy (non-hydrogen) atoms. The second kappa shape index (κ2) is 5.20. The number of rotatable bonds is 4. The Bertz CT molecular complexity index is 278. The Hall–Kier alpha value is -0.600. The van der Waals surface area contributed by atoms with E-state index in [4.69, 9.17) is 27.9 Å². The first-order chi connectivity index (χ1) is 6.27. The average Bonchev–Trinajstić information content (AvgIpc) is 2.15. The summed E-state index contributed by atoms with van der Waals surface area (Å²) in [6.45, 7) is 0.693. The van der Waals surface area contributed by atoms with Gasteiger partial charge in [-0.2, -0.15) is 0 Å². The molecular formula is C9H11Cl2NO. The van der Waals surface area contributed by atoms with Crippen molar-refractivity contribution in [2.45, 2.75) is 0 Å². The molecule has 0 fully saturated rings. The normalized spacial score (nSPS) is 9.77. The number of anilines is 1. The minimum absolute atomic E-state index is 0.551. The van der Waals surface area contributed by atoms with Crippen molar-refractivity contribution >= 4 is 28.9 Å². The molecule has 0 aliphatic carbocycles. The minimum Gasteiger partial charge on any atom is -0.495 e. The number of ether oxygens (including phenoxy) is 1. The standard InChI is InChI=1S/C9H11Cl2NO/c1-13-9-3-2-7(11)6-8(9)12-5-4-10/h2-3,6,12H,4-5H2,1H3. The highest BCUT2D eigenvalue weighted by Gasteiger charge is 2.01. The molecule has 0 bridgehead atoms. The summed E-state index contributed by atoms with van der Waals surface area (Å²) in [5.41, 5.74) is 0.871. The minimum atomic E-state index is 0.551. The molecule has 0 radical (unpaired) electrons.